The topological polar surface area (TPSA) is 37.4 Å². The van der Waals surface area contributed by atoms with Crippen molar-refractivity contribution >= 4 is 39.0 Å². The molecule has 0 radical (unpaired) electrons. The number of nitrogens with zero attached hydrogens (tertiary/aromatic N) is 1. The van der Waals surface area contributed by atoms with Gasteiger partial charge in [-0.1, -0.05) is 84.9 Å². The molecule has 0 spiro atoms. The van der Waals surface area contributed by atoms with E-state index in [1.807, 2.05) is 60.7 Å². The number of hydrogen-bond donors (Lipinski definition) is 0. The molecule has 0 unspecified atom stereocenters. The molecule has 3 aromatic rings. The number of carbonyl (C=O) groups is 2. The molecule has 6 rings (SSSR count). The highest BCUT2D eigenvalue weighted by atomic mass is 79.9. The van der Waals surface area contributed by atoms with Crippen molar-refractivity contribution < 1.29 is 9.59 Å². The lowest BCUT2D eigenvalue weighted by Gasteiger charge is -2.22. The van der Waals surface area contributed by atoms with Gasteiger partial charge in [0.15, 0.2) is 0 Å². The van der Waals surface area contributed by atoms with E-state index in [4.69, 9.17) is 0 Å². The van der Waals surface area contributed by atoms with Gasteiger partial charge in [-0.25, -0.2) is 4.90 Å². The zero-order valence-corrected chi connectivity index (χ0v) is 18.8. The van der Waals surface area contributed by atoms with Gasteiger partial charge in [0.25, 0.3) is 0 Å². The number of hydrogen-bond acceptors (Lipinski definition) is 2. The van der Waals surface area contributed by atoms with Crippen LogP contribution in [0.5, 0.6) is 0 Å². The van der Waals surface area contributed by atoms with Gasteiger partial charge in [-0.05, 0) is 50.3 Å². The summed E-state index contributed by atoms with van der Waals surface area (Å²) in [7, 11) is 0. The minimum Gasteiger partial charge on any atom is -0.274 e. The molecule has 0 aromatic heterocycles. The Morgan fingerprint density at radius 1 is 0.656 bits per heavy atom. The molecule has 4 heteroatoms. The fourth-order valence-corrected chi connectivity index (χ4v) is 6.14. The first-order valence-corrected chi connectivity index (χ1v) is 11.6. The summed E-state index contributed by atoms with van der Waals surface area (Å²) in [4.78, 5) is 28.6. The highest BCUT2D eigenvalue weighted by Gasteiger charge is 2.62. The van der Waals surface area contributed by atoms with Crippen molar-refractivity contribution in [3.63, 3.8) is 0 Å². The Hall–Kier alpha value is -3.24. The normalized spacial score (nSPS) is 25.5. The van der Waals surface area contributed by atoms with Gasteiger partial charge in [0.05, 0.1) is 17.5 Å². The van der Waals surface area contributed by atoms with Crippen LogP contribution in [0.2, 0.25) is 0 Å². The minimum atomic E-state index is -0.345. The Bertz CT molecular complexity index is 1220. The highest BCUT2D eigenvalue weighted by Crippen LogP contribution is 2.59. The lowest BCUT2D eigenvalue weighted by Crippen LogP contribution is -2.33. The second kappa shape index (κ2) is 7.42. The van der Waals surface area contributed by atoms with E-state index in [2.05, 4.69) is 52.3 Å². The van der Waals surface area contributed by atoms with Gasteiger partial charge in [-0.2, -0.15) is 0 Å². The Kier molecular flexibility index (Phi) is 4.51. The van der Waals surface area contributed by atoms with E-state index in [0.29, 0.717) is 5.69 Å². The van der Waals surface area contributed by atoms with Crippen molar-refractivity contribution in [1.82, 2.24) is 0 Å². The lowest BCUT2D eigenvalue weighted by molar-refractivity contribution is -0.122. The van der Waals surface area contributed by atoms with E-state index < -0.39 is 0 Å². The van der Waals surface area contributed by atoms with E-state index in [9.17, 15) is 9.59 Å². The second-order valence-electron chi connectivity index (χ2n) is 8.51. The van der Waals surface area contributed by atoms with Crippen LogP contribution >= 0.6 is 15.9 Å². The molecule has 32 heavy (non-hydrogen) atoms. The van der Waals surface area contributed by atoms with Gasteiger partial charge < -0.3 is 0 Å². The number of amides is 2. The first-order valence-electron chi connectivity index (χ1n) is 10.8. The van der Waals surface area contributed by atoms with Gasteiger partial charge in [0, 0.05) is 16.3 Å². The maximum absolute atomic E-state index is 13.6. The third kappa shape index (κ3) is 2.72. The molecule has 2 fully saturated rings. The number of imide groups is 1. The summed E-state index contributed by atoms with van der Waals surface area (Å²) in [6, 6.07) is 28.0. The maximum Gasteiger partial charge on any atom is 0.238 e. The van der Waals surface area contributed by atoms with Crippen molar-refractivity contribution in [2.75, 3.05) is 4.90 Å². The Labute approximate surface area is 195 Å². The SMILES string of the molecule is O=C1[C@@H]2[C@H](C(=O)N1c1ccccc1Br)[C@H]1C=C[C@H]2C1=C(c1ccccc1)c1ccccc1. The van der Waals surface area contributed by atoms with Gasteiger partial charge in [0.2, 0.25) is 11.8 Å². The Balaban J connectivity index is 1.50. The Morgan fingerprint density at radius 2 is 1.12 bits per heavy atom. The summed E-state index contributed by atoms with van der Waals surface area (Å²) in [5, 5.41) is 0. The predicted molar refractivity (Wildman–Crippen MR) is 129 cm³/mol. The van der Waals surface area contributed by atoms with Crippen LogP contribution in [0, 0.1) is 23.7 Å². The maximum atomic E-state index is 13.6. The molecule has 3 aliphatic rings. The third-order valence-electron chi connectivity index (χ3n) is 6.92. The van der Waals surface area contributed by atoms with Crippen LogP contribution in [0.25, 0.3) is 5.57 Å². The number of rotatable bonds is 3. The molecule has 2 aliphatic carbocycles. The molecule has 156 valence electrons. The zero-order chi connectivity index (χ0) is 21.8. The summed E-state index contributed by atoms with van der Waals surface area (Å²) < 4.78 is 0.756. The molecule has 1 aliphatic heterocycles. The lowest BCUT2D eigenvalue weighted by atomic mass is 9.85. The van der Waals surface area contributed by atoms with E-state index in [0.717, 1.165) is 21.2 Å². The molecule has 2 amide bonds. The van der Waals surface area contributed by atoms with Crippen molar-refractivity contribution in [3.05, 3.63) is 118 Å². The summed E-state index contributed by atoms with van der Waals surface area (Å²) in [6.45, 7) is 0. The summed E-state index contributed by atoms with van der Waals surface area (Å²) in [6.07, 6.45) is 4.28. The number of fused-ring (bicyclic) bond motifs is 5. The summed E-state index contributed by atoms with van der Waals surface area (Å²) in [5.74, 6) is -1.01. The van der Waals surface area contributed by atoms with Crippen LogP contribution in [-0.4, -0.2) is 11.8 Å². The van der Waals surface area contributed by atoms with E-state index >= 15 is 0 Å². The number of benzene rings is 3. The van der Waals surface area contributed by atoms with Crippen LogP contribution in [0.1, 0.15) is 11.1 Å². The second-order valence-corrected chi connectivity index (χ2v) is 9.37. The molecule has 2 bridgehead atoms. The van der Waals surface area contributed by atoms with Gasteiger partial charge in [-0.15, -0.1) is 0 Å². The van der Waals surface area contributed by atoms with E-state index in [1.165, 1.54) is 10.5 Å². The standard InChI is InChI=1S/C28H20BrNO2/c29-21-13-7-8-14-22(21)30-27(31)25-19-15-16-20(26(25)28(30)32)24(19)23(17-9-3-1-4-10-17)18-11-5-2-6-12-18/h1-16,19-20,25-26H/t19-,20-,25-,26+/m0/s1. The molecule has 1 saturated heterocycles. The van der Waals surface area contributed by atoms with Crippen LogP contribution in [-0.2, 0) is 9.59 Å². The smallest absolute Gasteiger partial charge is 0.238 e. The van der Waals surface area contributed by atoms with Gasteiger partial charge >= 0.3 is 0 Å². The van der Waals surface area contributed by atoms with Crippen LogP contribution in [0.4, 0.5) is 5.69 Å². The number of anilines is 1. The summed E-state index contributed by atoms with van der Waals surface area (Å²) >= 11 is 3.51. The number of carbonyl (C=O) groups excluding carboxylic acids is 2. The first-order chi connectivity index (χ1) is 15.7. The molecular weight excluding hydrogens is 462 g/mol. The number of para-hydroxylation sites is 1. The first kappa shape index (κ1) is 19.4. The molecule has 3 aromatic carbocycles. The van der Waals surface area contributed by atoms with Gasteiger partial charge in [0.1, 0.15) is 0 Å². The van der Waals surface area contributed by atoms with Gasteiger partial charge in [-0.3, -0.25) is 9.59 Å². The molecule has 0 N–H and O–H groups in total. The molecule has 1 heterocycles. The fourth-order valence-electron chi connectivity index (χ4n) is 5.68. The fraction of sp³-hybridized carbons (Fsp3) is 0.143. The van der Waals surface area contributed by atoms with Crippen molar-refractivity contribution in [1.29, 1.82) is 0 Å². The monoisotopic (exact) mass is 481 g/mol. The van der Waals surface area contributed by atoms with Crippen molar-refractivity contribution in [2.45, 2.75) is 0 Å². The average molecular weight is 482 g/mol. The number of halogens is 1. The zero-order valence-electron chi connectivity index (χ0n) is 17.2. The van der Waals surface area contributed by atoms with E-state index in [-0.39, 0.29) is 35.5 Å². The van der Waals surface area contributed by atoms with Crippen LogP contribution in [0.3, 0.4) is 0 Å². The van der Waals surface area contributed by atoms with Crippen LogP contribution < -0.4 is 4.90 Å². The molecular formula is C28H20BrNO2. The minimum absolute atomic E-state index is 0.0654. The third-order valence-corrected chi connectivity index (χ3v) is 7.59. The van der Waals surface area contributed by atoms with Crippen LogP contribution in [0.15, 0.2) is 107 Å². The largest absolute Gasteiger partial charge is 0.274 e. The highest BCUT2D eigenvalue weighted by molar-refractivity contribution is 9.10. The van der Waals surface area contributed by atoms with Crippen molar-refractivity contribution in [3.8, 4) is 0 Å². The average Bonchev–Trinajstić information content (AvgIpc) is 3.46. The predicted octanol–water partition coefficient (Wildman–Crippen LogP) is 5.87. The summed E-state index contributed by atoms with van der Waals surface area (Å²) in [5.41, 5.74) is 5.22. The van der Waals surface area contributed by atoms with Crippen molar-refractivity contribution in [2.24, 2.45) is 23.7 Å². The van der Waals surface area contributed by atoms with E-state index in [1.54, 1.807) is 0 Å². The Morgan fingerprint density at radius 3 is 1.62 bits per heavy atom. The quantitative estimate of drug-likeness (QED) is 0.346. The number of allylic oxidation sites excluding steroid dienone is 3. The molecule has 1 saturated carbocycles. The molecule has 3 nitrogen and oxygen atoms in total. The molecule has 4 atom stereocenters.